The summed E-state index contributed by atoms with van der Waals surface area (Å²) in [6.07, 6.45) is 0. The highest BCUT2D eigenvalue weighted by atomic mass is 35.5. The largest absolute Gasteiger partial charge is 0.364 e. The van der Waals surface area contributed by atoms with Crippen molar-refractivity contribution in [2.45, 2.75) is 19.6 Å². The van der Waals surface area contributed by atoms with E-state index in [-0.39, 0.29) is 5.41 Å². The molecule has 0 fully saturated rings. The Balaban J connectivity index is 1.87. The molecule has 0 amide bonds. The molecule has 0 aliphatic carbocycles. The summed E-state index contributed by atoms with van der Waals surface area (Å²) in [5.74, 6) is 0.934. The lowest BCUT2D eigenvalue weighted by Gasteiger charge is -2.28. The fourth-order valence-corrected chi connectivity index (χ4v) is 2.49. The molecule has 0 saturated heterocycles. The van der Waals surface area contributed by atoms with Gasteiger partial charge in [0, 0.05) is 29.3 Å². The van der Waals surface area contributed by atoms with Crippen LogP contribution in [0.2, 0.25) is 5.02 Å². The molecule has 0 aromatic heterocycles. The molecule has 1 aromatic carbocycles. The molecule has 4 heteroatoms. The molecule has 17 heavy (non-hydrogen) atoms. The molecule has 1 aliphatic heterocycles. The van der Waals surface area contributed by atoms with Gasteiger partial charge in [0.2, 0.25) is 0 Å². The Bertz CT molecular complexity index is 412. The van der Waals surface area contributed by atoms with Gasteiger partial charge in [-0.25, -0.2) is 0 Å². The highest BCUT2D eigenvalue weighted by Crippen LogP contribution is 2.21. The number of thioether (sulfide) groups is 1. The summed E-state index contributed by atoms with van der Waals surface area (Å²) in [6, 6.07) is 7.97. The highest BCUT2D eigenvalue weighted by Gasteiger charge is 2.22. The molecule has 0 bridgehead atoms. The van der Waals surface area contributed by atoms with Crippen LogP contribution in [0.4, 0.5) is 0 Å². The molecule has 0 unspecified atom stereocenters. The van der Waals surface area contributed by atoms with Crippen LogP contribution in [0.25, 0.3) is 0 Å². The topological polar surface area (TPSA) is 24.4 Å². The Morgan fingerprint density at radius 1 is 1.35 bits per heavy atom. The molecule has 1 heterocycles. The monoisotopic (exact) mass is 268 g/mol. The maximum Gasteiger partial charge on any atom is 0.156 e. The van der Waals surface area contributed by atoms with Crippen LogP contribution < -0.4 is 5.32 Å². The van der Waals surface area contributed by atoms with Gasteiger partial charge in [0.05, 0.1) is 0 Å². The first-order valence-electron chi connectivity index (χ1n) is 5.71. The van der Waals surface area contributed by atoms with Crippen molar-refractivity contribution in [1.29, 1.82) is 0 Å². The second-order valence-electron chi connectivity index (χ2n) is 5.05. The van der Waals surface area contributed by atoms with E-state index in [1.807, 2.05) is 12.1 Å². The SMILES string of the molecule is CC1(C)CN=C(SCc2ccc(Cl)cc2)NC1. The number of halogens is 1. The van der Waals surface area contributed by atoms with Crippen molar-refractivity contribution in [3.05, 3.63) is 34.9 Å². The van der Waals surface area contributed by atoms with Crippen molar-refractivity contribution in [2.24, 2.45) is 10.4 Å². The van der Waals surface area contributed by atoms with Crippen molar-refractivity contribution >= 4 is 28.5 Å². The van der Waals surface area contributed by atoms with Crippen molar-refractivity contribution < 1.29 is 0 Å². The fourth-order valence-electron chi connectivity index (χ4n) is 1.54. The van der Waals surface area contributed by atoms with Crippen LogP contribution in [-0.2, 0) is 5.75 Å². The van der Waals surface area contributed by atoms with Gasteiger partial charge in [0.15, 0.2) is 5.17 Å². The second-order valence-corrected chi connectivity index (χ2v) is 6.45. The van der Waals surface area contributed by atoms with Crippen molar-refractivity contribution in [2.75, 3.05) is 13.1 Å². The van der Waals surface area contributed by atoms with Gasteiger partial charge in [-0.3, -0.25) is 4.99 Å². The number of hydrogen-bond acceptors (Lipinski definition) is 3. The van der Waals surface area contributed by atoms with Crippen LogP contribution in [0.3, 0.4) is 0 Å². The second kappa shape index (κ2) is 5.32. The summed E-state index contributed by atoms with van der Waals surface area (Å²) in [7, 11) is 0. The predicted molar refractivity (Wildman–Crippen MR) is 76.8 cm³/mol. The van der Waals surface area contributed by atoms with Crippen LogP contribution >= 0.6 is 23.4 Å². The standard InChI is InChI=1S/C13H17ClN2S/c1-13(2)8-15-12(16-9-13)17-7-10-3-5-11(14)6-4-10/h3-6H,7-9H2,1-2H3,(H,15,16). The Morgan fingerprint density at radius 3 is 2.65 bits per heavy atom. The van der Waals surface area contributed by atoms with E-state index in [0.717, 1.165) is 29.0 Å². The van der Waals surface area contributed by atoms with Crippen LogP contribution in [0.5, 0.6) is 0 Å². The quantitative estimate of drug-likeness (QED) is 0.887. The van der Waals surface area contributed by atoms with E-state index < -0.39 is 0 Å². The van der Waals surface area contributed by atoms with Gasteiger partial charge in [0.25, 0.3) is 0 Å². The van der Waals surface area contributed by atoms with E-state index in [1.165, 1.54) is 5.56 Å². The highest BCUT2D eigenvalue weighted by molar-refractivity contribution is 8.13. The van der Waals surface area contributed by atoms with E-state index in [2.05, 4.69) is 36.3 Å². The summed E-state index contributed by atoms with van der Waals surface area (Å²) in [6.45, 7) is 6.36. The molecule has 2 rings (SSSR count). The number of benzene rings is 1. The van der Waals surface area contributed by atoms with E-state index in [1.54, 1.807) is 11.8 Å². The van der Waals surface area contributed by atoms with E-state index >= 15 is 0 Å². The lowest BCUT2D eigenvalue weighted by Crippen LogP contribution is -2.39. The Kier molecular flexibility index (Phi) is 4.00. The number of hydrogen-bond donors (Lipinski definition) is 1. The van der Waals surface area contributed by atoms with Gasteiger partial charge in [-0.15, -0.1) is 0 Å². The maximum absolute atomic E-state index is 5.85. The molecule has 1 N–H and O–H groups in total. The molecular weight excluding hydrogens is 252 g/mol. The van der Waals surface area contributed by atoms with Crippen molar-refractivity contribution in [1.82, 2.24) is 5.32 Å². The Hall–Kier alpha value is -0.670. The van der Waals surface area contributed by atoms with Gasteiger partial charge in [-0.05, 0) is 17.7 Å². The van der Waals surface area contributed by atoms with Gasteiger partial charge >= 0.3 is 0 Å². The number of amidine groups is 1. The third kappa shape index (κ3) is 3.93. The van der Waals surface area contributed by atoms with Gasteiger partial charge in [0.1, 0.15) is 0 Å². The normalized spacial score (nSPS) is 18.4. The zero-order valence-electron chi connectivity index (χ0n) is 10.2. The number of nitrogens with one attached hydrogen (secondary N) is 1. The molecule has 0 saturated carbocycles. The molecule has 0 radical (unpaired) electrons. The Morgan fingerprint density at radius 2 is 2.06 bits per heavy atom. The summed E-state index contributed by atoms with van der Waals surface area (Å²) in [4.78, 5) is 4.56. The minimum absolute atomic E-state index is 0.282. The van der Waals surface area contributed by atoms with Gasteiger partial charge in [-0.1, -0.05) is 49.3 Å². The first kappa shape index (κ1) is 12.8. The molecule has 92 valence electrons. The maximum atomic E-state index is 5.85. The van der Waals surface area contributed by atoms with Crippen molar-refractivity contribution in [3.8, 4) is 0 Å². The van der Waals surface area contributed by atoms with Crippen LogP contribution in [-0.4, -0.2) is 18.3 Å². The van der Waals surface area contributed by atoms with E-state index in [4.69, 9.17) is 11.6 Å². The molecule has 0 spiro atoms. The fraction of sp³-hybridized carbons (Fsp3) is 0.462. The van der Waals surface area contributed by atoms with Crippen LogP contribution in [0, 0.1) is 5.41 Å². The predicted octanol–water partition coefficient (Wildman–Crippen LogP) is 3.56. The molecule has 1 aliphatic rings. The molecule has 2 nitrogen and oxygen atoms in total. The average Bonchev–Trinajstić information content (AvgIpc) is 2.30. The molecule has 1 aromatic rings. The third-order valence-electron chi connectivity index (χ3n) is 2.66. The summed E-state index contributed by atoms with van der Waals surface area (Å²) in [5, 5.41) is 5.22. The van der Waals surface area contributed by atoms with Crippen LogP contribution in [0.15, 0.2) is 29.3 Å². The minimum atomic E-state index is 0.282. The first-order chi connectivity index (χ1) is 8.05. The zero-order valence-corrected chi connectivity index (χ0v) is 11.7. The summed E-state index contributed by atoms with van der Waals surface area (Å²) >= 11 is 7.60. The first-order valence-corrected chi connectivity index (χ1v) is 7.07. The molecular formula is C13H17ClN2S. The van der Waals surface area contributed by atoms with E-state index in [9.17, 15) is 0 Å². The number of aliphatic imine (C=N–C) groups is 1. The minimum Gasteiger partial charge on any atom is -0.364 e. The average molecular weight is 269 g/mol. The third-order valence-corrected chi connectivity index (χ3v) is 3.93. The molecule has 0 atom stereocenters. The number of nitrogens with zero attached hydrogens (tertiary/aromatic N) is 1. The van der Waals surface area contributed by atoms with Crippen molar-refractivity contribution in [3.63, 3.8) is 0 Å². The van der Waals surface area contributed by atoms with Gasteiger partial charge in [-0.2, -0.15) is 0 Å². The van der Waals surface area contributed by atoms with E-state index in [0.29, 0.717) is 0 Å². The van der Waals surface area contributed by atoms with Crippen LogP contribution in [0.1, 0.15) is 19.4 Å². The smallest absolute Gasteiger partial charge is 0.156 e. The summed E-state index contributed by atoms with van der Waals surface area (Å²) < 4.78 is 0. The lowest BCUT2D eigenvalue weighted by atomic mass is 9.93. The zero-order chi connectivity index (χ0) is 12.3. The number of rotatable bonds is 2. The Labute approximate surface area is 112 Å². The summed E-state index contributed by atoms with van der Waals surface area (Å²) in [5.41, 5.74) is 1.55. The lowest BCUT2D eigenvalue weighted by molar-refractivity contribution is 0.364. The van der Waals surface area contributed by atoms with Gasteiger partial charge < -0.3 is 5.32 Å².